The van der Waals surface area contributed by atoms with Crippen molar-refractivity contribution in [1.82, 2.24) is 20.2 Å². The Morgan fingerprint density at radius 1 is 1.09 bits per heavy atom. The van der Waals surface area contributed by atoms with Gasteiger partial charge in [0.15, 0.2) is 11.5 Å². The third-order valence-electron chi connectivity index (χ3n) is 5.57. The zero-order valence-corrected chi connectivity index (χ0v) is 18.8. The standard InChI is InChI=1S/C25H20ClN5O2/c1-3-16-6-4-5-7-21(16)27-25(32)23-15(2)31(30-28-23)19-12-13-22-20(14-19)24(33-29-22)17-8-10-18(26)11-9-17/h4-14H,3H2,1-2H3,(H,27,32). The van der Waals surface area contributed by atoms with Crippen LogP contribution >= 0.6 is 11.6 Å². The molecule has 33 heavy (non-hydrogen) atoms. The van der Waals surface area contributed by atoms with E-state index in [9.17, 15) is 4.79 Å². The molecule has 0 aliphatic rings. The van der Waals surface area contributed by atoms with E-state index in [0.29, 0.717) is 16.5 Å². The van der Waals surface area contributed by atoms with E-state index >= 15 is 0 Å². The predicted octanol–water partition coefficient (Wildman–Crippen LogP) is 5.85. The minimum absolute atomic E-state index is 0.268. The number of anilines is 1. The molecule has 0 saturated heterocycles. The molecule has 7 nitrogen and oxygen atoms in total. The lowest BCUT2D eigenvalue weighted by Gasteiger charge is -2.09. The Morgan fingerprint density at radius 2 is 1.88 bits per heavy atom. The van der Waals surface area contributed by atoms with Crippen LogP contribution in [0.3, 0.4) is 0 Å². The summed E-state index contributed by atoms with van der Waals surface area (Å²) in [5, 5.41) is 17.0. The molecule has 164 valence electrons. The number of hydrogen-bond acceptors (Lipinski definition) is 5. The molecule has 5 rings (SSSR count). The zero-order valence-electron chi connectivity index (χ0n) is 18.0. The van der Waals surface area contributed by atoms with Gasteiger partial charge in [0, 0.05) is 16.3 Å². The molecule has 0 bridgehead atoms. The van der Waals surface area contributed by atoms with E-state index in [4.69, 9.17) is 16.1 Å². The highest BCUT2D eigenvalue weighted by atomic mass is 35.5. The quantitative estimate of drug-likeness (QED) is 0.357. The van der Waals surface area contributed by atoms with Crippen molar-refractivity contribution >= 4 is 34.1 Å². The smallest absolute Gasteiger partial charge is 0.278 e. The van der Waals surface area contributed by atoms with E-state index in [1.54, 1.807) is 16.8 Å². The first-order chi connectivity index (χ1) is 16.0. The first-order valence-corrected chi connectivity index (χ1v) is 10.9. The summed E-state index contributed by atoms with van der Waals surface area (Å²) in [7, 11) is 0. The largest absolute Gasteiger partial charge is 0.355 e. The third-order valence-corrected chi connectivity index (χ3v) is 5.82. The maximum atomic E-state index is 12.9. The molecule has 2 heterocycles. The highest BCUT2D eigenvalue weighted by Gasteiger charge is 2.19. The second-order valence-electron chi connectivity index (χ2n) is 7.62. The Kier molecular flexibility index (Phi) is 5.40. The summed E-state index contributed by atoms with van der Waals surface area (Å²) in [5.41, 5.74) is 5.06. The van der Waals surface area contributed by atoms with Crippen molar-refractivity contribution in [3.8, 4) is 17.0 Å². The lowest BCUT2D eigenvalue weighted by atomic mass is 10.1. The molecule has 0 atom stereocenters. The van der Waals surface area contributed by atoms with Crippen LogP contribution in [0.4, 0.5) is 5.69 Å². The van der Waals surface area contributed by atoms with Gasteiger partial charge in [-0.1, -0.05) is 47.1 Å². The van der Waals surface area contributed by atoms with Crippen LogP contribution in [0.1, 0.15) is 28.7 Å². The van der Waals surface area contributed by atoms with Gasteiger partial charge < -0.3 is 9.84 Å². The number of nitrogens with zero attached hydrogens (tertiary/aromatic N) is 4. The van der Waals surface area contributed by atoms with Crippen molar-refractivity contribution in [3.05, 3.63) is 88.7 Å². The van der Waals surface area contributed by atoms with Crippen molar-refractivity contribution in [2.75, 3.05) is 5.32 Å². The number of halogens is 1. The molecule has 1 N–H and O–H groups in total. The number of hydrogen-bond donors (Lipinski definition) is 1. The van der Waals surface area contributed by atoms with Gasteiger partial charge >= 0.3 is 0 Å². The molecule has 0 fully saturated rings. The number of benzene rings is 3. The number of para-hydroxylation sites is 1. The van der Waals surface area contributed by atoms with E-state index < -0.39 is 0 Å². The average molecular weight is 458 g/mol. The number of nitrogens with one attached hydrogen (secondary N) is 1. The summed E-state index contributed by atoms with van der Waals surface area (Å²) < 4.78 is 7.23. The van der Waals surface area contributed by atoms with Gasteiger partial charge in [0.1, 0.15) is 5.52 Å². The first-order valence-electron chi connectivity index (χ1n) is 10.5. The number of aryl methyl sites for hydroxylation is 1. The second kappa shape index (κ2) is 8.52. The molecule has 0 unspecified atom stereocenters. The Balaban J connectivity index is 1.49. The summed E-state index contributed by atoms with van der Waals surface area (Å²) in [5.74, 6) is 0.336. The lowest BCUT2D eigenvalue weighted by molar-refractivity contribution is 0.102. The molecule has 0 aliphatic heterocycles. The number of carbonyl (C=O) groups is 1. The van der Waals surface area contributed by atoms with E-state index in [-0.39, 0.29) is 11.6 Å². The van der Waals surface area contributed by atoms with Gasteiger partial charge in [-0.2, -0.15) is 0 Å². The highest BCUT2D eigenvalue weighted by molar-refractivity contribution is 6.30. The second-order valence-corrected chi connectivity index (χ2v) is 8.06. The molecule has 0 aliphatic carbocycles. The van der Waals surface area contributed by atoms with Gasteiger partial charge in [-0.3, -0.25) is 4.79 Å². The van der Waals surface area contributed by atoms with Crippen LogP contribution in [0, 0.1) is 6.92 Å². The van der Waals surface area contributed by atoms with Gasteiger partial charge in [-0.15, -0.1) is 5.10 Å². The Morgan fingerprint density at radius 3 is 2.67 bits per heavy atom. The number of rotatable bonds is 5. The van der Waals surface area contributed by atoms with E-state index in [0.717, 1.165) is 39.8 Å². The van der Waals surface area contributed by atoms with Gasteiger partial charge in [-0.25, -0.2) is 4.68 Å². The summed E-state index contributed by atoms with van der Waals surface area (Å²) in [4.78, 5) is 12.9. The maximum Gasteiger partial charge on any atom is 0.278 e. The van der Waals surface area contributed by atoms with Crippen LogP contribution in [0.5, 0.6) is 0 Å². The van der Waals surface area contributed by atoms with E-state index in [1.807, 2.05) is 68.4 Å². The fraction of sp³-hybridized carbons (Fsp3) is 0.120. The zero-order chi connectivity index (χ0) is 22.9. The molecule has 8 heteroatoms. The lowest BCUT2D eigenvalue weighted by Crippen LogP contribution is -2.15. The number of carbonyl (C=O) groups excluding carboxylic acids is 1. The van der Waals surface area contributed by atoms with Crippen LogP contribution in [0.25, 0.3) is 27.9 Å². The van der Waals surface area contributed by atoms with Gasteiger partial charge in [-0.05, 0) is 67.4 Å². The fourth-order valence-corrected chi connectivity index (χ4v) is 3.91. The molecular weight excluding hydrogens is 438 g/mol. The van der Waals surface area contributed by atoms with Crippen LogP contribution < -0.4 is 5.32 Å². The van der Waals surface area contributed by atoms with Crippen molar-refractivity contribution in [1.29, 1.82) is 0 Å². The van der Waals surface area contributed by atoms with Gasteiger partial charge in [0.2, 0.25) is 0 Å². The SMILES string of the molecule is CCc1ccccc1NC(=O)c1nnn(-c2ccc3noc(-c4ccc(Cl)cc4)c3c2)c1C. The van der Waals surface area contributed by atoms with Crippen LogP contribution in [0.2, 0.25) is 5.02 Å². The third kappa shape index (κ3) is 3.87. The number of fused-ring (bicyclic) bond motifs is 1. The Hall–Kier alpha value is -3.97. The highest BCUT2D eigenvalue weighted by Crippen LogP contribution is 2.31. The van der Waals surface area contributed by atoms with Gasteiger partial charge in [0.25, 0.3) is 5.91 Å². The molecule has 5 aromatic rings. The predicted molar refractivity (Wildman–Crippen MR) is 128 cm³/mol. The summed E-state index contributed by atoms with van der Waals surface area (Å²) in [6, 6.07) is 20.7. The van der Waals surface area contributed by atoms with Crippen molar-refractivity contribution in [2.24, 2.45) is 0 Å². The molecule has 0 spiro atoms. The molecule has 2 aromatic heterocycles. The minimum atomic E-state index is -0.299. The summed E-state index contributed by atoms with van der Waals surface area (Å²) in [6.45, 7) is 3.87. The molecule has 0 saturated carbocycles. The molecule has 0 radical (unpaired) electrons. The minimum Gasteiger partial charge on any atom is -0.355 e. The fourth-order valence-electron chi connectivity index (χ4n) is 3.79. The summed E-state index contributed by atoms with van der Waals surface area (Å²) >= 11 is 6.01. The number of aromatic nitrogens is 4. The van der Waals surface area contributed by atoms with E-state index in [2.05, 4.69) is 20.8 Å². The molecule has 3 aromatic carbocycles. The maximum absolute atomic E-state index is 12.9. The normalized spacial score (nSPS) is 11.1. The van der Waals surface area contributed by atoms with Crippen LogP contribution in [-0.4, -0.2) is 26.1 Å². The number of amides is 1. The van der Waals surface area contributed by atoms with Crippen LogP contribution in [-0.2, 0) is 6.42 Å². The Bertz CT molecular complexity index is 1470. The van der Waals surface area contributed by atoms with E-state index in [1.165, 1.54) is 0 Å². The first kappa shape index (κ1) is 20.9. The summed E-state index contributed by atoms with van der Waals surface area (Å²) in [6.07, 6.45) is 0.816. The molecular formula is C25H20ClN5O2. The van der Waals surface area contributed by atoms with Crippen LogP contribution in [0.15, 0.2) is 71.3 Å². The van der Waals surface area contributed by atoms with Crippen molar-refractivity contribution in [2.45, 2.75) is 20.3 Å². The topological polar surface area (TPSA) is 85.8 Å². The molecule has 1 amide bonds. The van der Waals surface area contributed by atoms with Crippen molar-refractivity contribution in [3.63, 3.8) is 0 Å². The Labute approximate surface area is 195 Å². The average Bonchev–Trinajstić information content (AvgIpc) is 3.43. The van der Waals surface area contributed by atoms with Crippen molar-refractivity contribution < 1.29 is 9.32 Å². The monoisotopic (exact) mass is 457 g/mol. The van der Waals surface area contributed by atoms with Gasteiger partial charge in [0.05, 0.1) is 16.8 Å².